The molecule has 0 aliphatic rings. The van der Waals surface area contributed by atoms with Gasteiger partial charge in [0, 0.05) is 9.75 Å². The largest absolute Gasteiger partial charge is 0.397 e. The van der Waals surface area contributed by atoms with Crippen LogP contribution < -0.4 is 11.1 Å². The molecule has 3 N–H and O–H groups in total. The van der Waals surface area contributed by atoms with Gasteiger partial charge in [-0.15, -0.1) is 11.3 Å². The molecule has 0 saturated heterocycles. The predicted octanol–water partition coefficient (Wildman–Crippen LogP) is 2.95. The number of hydrogen-bond donors (Lipinski definition) is 2. The van der Waals surface area contributed by atoms with Gasteiger partial charge in [0.15, 0.2) is 0 Å². The molecule has 4 heteroatoms. The van der Waals surface area contributed by atoms with Crippen LogP contribution in [-0.4, -0.2) is 4.98 Å². The molecule has 2 aromatic heterocycles. The fourth-order valence-corrected chi connectivity index (χ4v) is 2.26. The third-order valence-electron chi connectivity index (χ3n) is 2.37. The summed E-state index contributed by atoms with van der Waals surface area (Å²) in [5.41, 5.74) is 7.31. The lowest BCUT2D eigenvalue weighted by atomic mass is 10.3. The molecule has 3 nitrogen and oxygen atoms in total. The van der Waals surface area contributed by atoms with Crippen LogP contribution in [0, 0.1) is 13.8 Å². The Balaban J connectivity index is 2.02. The van der Waals surface area contributed by atoms with Crippen molar-refractivity contribution in [3.63, 3.8) is 0 Å². The number of anilines is 2. The van der Waals surface area contributed by atoms with E-state index in [2.05, 4.69) is 29.4 Å². The van der Waals surface area contributed by atoms with Gasteiger partial charge in [-0.3, -0.25) is 0 Å². The number of nitrogen functional groups attached to an aromatic ring is 1. The summed E-state index contributed by atoms with van der Waals surface area (Å²) in [4.78, 5) is 7.01. The second-order valence-corrected chi connectivity index (χ2v) is 5.11. The van der Waals surface area contributed by atoms with Crippen molar-refractivity contribution in [1.82, 2.24) is 4.98 Å². The number of hydrogen-bond acceptors (Lipinski definition) is 4. The topological polar surface area (TPSA) is 50.9 Å². The van der Waals surface area contributed by atoms with Crippen LogP contribution in [-0.2, 0) is 6.54 Å². The summed E-state index contributed by atoms with van der Waals surface area (Å²) < 4.78 is 0. The molecule has 0 unspecified atom stereocenters. The monoisotopic (exact) mass is 233 g/mol. The van der Waals surface area contributed by atoms with Crippen molar-refractivity contribution in [2.75, 3.05) is 11.1 Å². The first-order valence-electron chi connectivity index (χ1n) is 5.17. The van der Waals surface area contributed by atoms with E-state index < -0.39 is 0 Å². The Kier molecular flexibility index (Phi) is 3.10. The first-order valence-corrected chi connectivity index (χ1v) is 5.99. The highest BCUT2D eigenvalue weighted by Gasteiger charge is 2.00. The van der Waals surface area contributed by atoms with E-state index in [1.54, 1.807) is 11.3 Å². The zero-order valence-corrected chi connectivity index (χ0v) is 10.3. The lowest BCUT2D eigenvalue weighted by molar-refractivity contribution is 1.11. The zero-order valence-electron chi connectivity index (χ0n) is 9.45. The number of rotatable bonds is 3. The Morgan fingerprint density at radius 1 is 1.25 bits per heavy atom. The molecule has 0 saturated carbocycles. The van der Waals surface area contributed by atoms with Crippen LogP contribution in [0.5, 0.6) is 0 Å². The quantitative estimate of drug-likeness (QED) is 0.857. The van der Waals surface area contributed by atoms with Gasteiger partial charge in [-0.05, 0) is 38.1 Å². The van der Waals surface area contributed by atoms with E-state index >= 15 is 0 Å². The lowest BCUT2D eigenvalue weighted by Crippen LogP contribution is -2.02. The highest BCUT2D eigenvalue weighted by molar-refractivity contribution is 7.11. The van der Waals surface area contributed by atoms with Crippen LogP contribution in [0.15, 0.2) is 24.3 Å². The van der Waals surface area contributed by atoms with Crippen LogP contribution in [0.4, 0.5) is 11.5 Å². The Bertz CT molecular complexity index is 491. The van der Waals surface area contributed by atoms with Gasteiger partial charge in [-0.2, -0.15) is 0 Å². The highest BCUT2D eigenvalue weighted by Crippen LogP contribution is 2.17. The average Bonchev–Trinajstić information content (AvgIpc) is 2.66. The molecule has 0 aromatic carbocycles. The third kappa shape index (κ3) is 2.52. The van der Waals surface area contributed by atoms with Crippen LogP contribution in [0.2, 0.25) is 0 Å². The van der Waals surface area contributed by atoms with Crippen LogP contribution in [0.25, 0.3) is 0 Å². The number of nitrogens with two attached hydrogens (primary N) is 1. The van der Waals surface area contributed by atoms with Crippen molar-refractivity contribution in [2.45, 2.75) is 20.4 Å². The lowest BCUT2D eigenvalue weighted by Gasteiger charge is -2.06. The summed E-state index contributed by atoms with van der Waals surface area (Å²) in [6.45, 7) is 4.84. The number of nitrogens with one attached hydrogen (secondary N) is 1. The molecule has 0 aliphatic heterocycles. The minimum atomic E-state index is 0.734. The van der Waals surface area contributed by atoms with Gasteiger partial charge in [-0.25, -0.2) is 4.98 Å². The average molecular weight is 233 g/mol. The van der Waals surface area contributed by atoms with E-state index in [4.69, 9.17) is 5.73 Å². The molecular formula is C12H15N3S. The Labute approximate surface area is 99.3 Å². The van der Waals surface area contributed by atoms with E-state index in [0.717, 1.165) is 23.7 Å². The maximum absolute atomic E-state index is 5.71. The van der Waals surface area contributed by atoms with Gasteiger partial charge in [0.2, 0.25) is 0 Å². The normalized spacial score (nSPS) is 10.4. The predicted molar refractivity (Wildman–Crippen MR) is 69.8 cm³/mol. The summed E-state index contributed by atoms with van der Waals surface area (Å²) in [5.74, 6) is 0.873. The van der Waals surface area contributed by atoms with Crippen molar-refractivity contribution in [3.8, 4) is 0 Å². The maximum atomic E-state index is 5.71. The smallest absolute Gasteiger partial charge is 0.126 e. The van der Waals surface area contributed by atoms with Gasteiger partial charge in [0.05, 0.1) is 17.9 Å². The van der Waals surface area contributed by atoms with E-state index in [-0.39, 0.29) is 0 Å². The molecule has 2 aromatic rings. The highest BCUT2D eigenvalue weighted by atomic mass is 32.1. The van der Waals surface area contributed by atoms with Crippen molar-refractivity contribution >= 4 is 22.8 Å². The number of pyridine rings is 1. The Morgan fingerprint density at radius 2 is 2.06 bits per heavy atom. The van der Waals surface area contributed by atoms with E-state index in [0.29, 0.717) is 0 Å². The second kappa shape index (κ2) is 4.53. The third-order valence-corrected chi connectivity index (χ3v) is 3.37. The molecule has 0 fully saturated rings. The van der Waals surface area contributed by atoms with Gasteiger partial charge < -0.3 is 11.1 Å². The molecule has 0 spiro atoms. The van der Waals surface area contributed by atoms with Crippen LogP contribution in [0.1, 0.15) is 15.4 Å². The van der Waals surface area contributed by atoms with Crippen molar-refractivity contribution in [2.24, 2.45) is 0 Å². The molecule has 0 amide bonds. The molecule has 84 valence electrons. The van der Waals surface area contributed by atoms with Crippen LogP contribution >= 0.6 is 11.3 Å². The van der Waals surface area contributed by atoms with Crippen molar-refractivity contribution < 1.29 is 0 Å². The fourth-order valence-electron chi connectivity index (χ4n) is 1.43. The van der Waals surface area contributed by atoms with Crippen molar-refractivity contribution in [1.29, 1.82) is 0 Å². The first-order chi connectivity index (χ1) is 7.65. The summed E-state index contributed by atoms with van der Waals surface area (Å²) in [6.07, 6.45) is 0. The number of aryl methyl sites for hydroxylation is 2. The molecule has 0 aliphatic carbocycles. The summed E-state index contributed by atoms with van der Waals surface area (Å²) in [6, 6.07) is 8.05. The molecule has 0 radical (unpaired) electrons. The van der Waals surface area contributed by atoms with E-state index in [1.807, 2.05) is 19.1 Å². The second-order valence-electron chi connectivity index (χ2n) is 3.74. The first kappa shape index (κ1) is 11.0. The summed E-state index contributed by atoms with van der Waals surface area (Å²) >= 11 is 1.80. The molecule has 0 bridgehead atoms. The molecule has 2 rings (SSSR count). The van der Waals surface area contributed by atoms with Gasteiger partial charge in [0.25, 0.3) is 0 Å². The SMILES string of the molecule is Cc1ccc(CNc2ccc(N)c(C)n2)s1. The molecule has 16 heavy (non-hydrogen) atoms. The standard InChI is InChI=1S/C12H15N3S/c1-8-3-4-10(16-8)7-14-12-6-5-11(13)9(2)15-12/h3-6H,7,13H2,1-2H3,(H,14,15). The minimum absolute atomic E-state index is 0.734. The number of thiophene rings is 1. The van der Waals surface area contributed by atoms with Crippen molar-refractivity contribution in [3.05, 3.63) is 39.7 Å². The maximum Gasteiger partial charge on any atom is 0.126 e. The van der Waals surface area contributed by atoms with E-state index in [1.165, 1.54) is 9.75 Å². The fraction of sp³-hybridized carbons (Fsp3) is 0.250. The number of aromatic nitrogens is 1. The van der Waals surface area contributed by atoms with Gasteiger partial charge >= 0.3 is 0 Å². The number of nitrogens with zero attached hydrogens (tertiary/aromatic N) is 1. The Hall–Kier alpha value is -1.55. The molecule has 0 atom stereocenters. The zero-order chi connectivity index (χ0) is 11.5. The minimum Gasteiger partial charge on any atom is -0.397 e. The Morgan fingerprint density at radius 3 is 2.69 bits per heavy atom. The molecule has 2 heterocycles. The van der Waals surface area contributed by atoms with Gasteiger partial charge in [-0.1, -0.05) is 0 Å². The molecular weight excluding hydrogens is 218 g/mol. The summed E-state index contributed by atoms with van der Waals surface area (Å²) in [7, 11) is 0. The van der Waals surface area contributed by atoms with Crippen LogP contribution in [0.3, 0.4) is 0 Å². The van der Waals surface area contributed by atoms with E-state index in [9.17, 15) is 0 Å². The van der Waals surface area contributed by atoms with Gasteiger partial charge in [0.1, 0.15) is 5.82 Å². The summed E-state index contributed by atoms with van der Waals surface area (Å²) in [5, 5.41) is 3.29.